The van der Waals surface area contributed by atoms with Crippen LogP contribution in [0.15, 0.2) is 95.9 Å². The molecule has 254 valence electrons. The highest BCUT2D eigenvalue weighted by Gasteiger charge is 2.30. The second kappa shape index (κ2) is 19.5. The van der Waals surface area contributed by atoms with E-state index in [0.717, 1.165) is 16.0 Å². The highest BCUT2D eigenvalue weighted by Crippen LogP contribution is 2.34. The van der Waals surface area contributed by atoms with Crippen molar-refractivity contribution in [3.8, 4) is 0 Å². The van der Waals surface area contributed by atoms with Crippen LogP contribution >= 0.6 is 11.8 Å². The minimum Gasteiger partial charge on any atom is -0.435 e. The molecule has 0 aromatic heterocycles. The average Bonchev–Trinajstić information content (AvgIpc) is 3.41. The van der Waals surface area contributed by atoms with Gasteiger partial charge in [-0.15, -0.1) is 11.8 Å². The Morgan fingerprint density at radius 3 is 2.04 bits per heavy atom. The Labute approximate surface area is 292 Å². The van der Waals surface area contributed by atoms with Gasteiger partial charge in [0.15, 0.2) is 0 Å². The number of nitrogens with zero attached hydrogens (tertiary/aromatic N) is 2. The number of amides is 5. The first-order valence-corrected chi connectivity index (χ1v) is 16.9. The van der Waals surface area contributed by atoms with Gasteiger partial charge < -0.3 is 26.5 Å². The summed E-state index contributed by atoms with van der Waals surface area (Å²) in [5, 5.41) is 7.89. The zero-order chi connectivity index (χ0) is 35.8. The van der Waals surface area contributed by atoms with Gasteiger partial charge in [0.05, 0.1) is 28.5 Å². The Morgan fingerprint density at radius 2 is 1.49 bits per heavy atom. The molecule has 0 saturated heterocycles. The molecule has 0 bridgehead atoms. The van der Waals surface area contributed by atoms with Gasteiger partial charge in [0.25, 0.3) is 11.8 Å². The van der Waals surface area contributed by atoms with Crippen LogP contribution in [-0.2, 0) is 30.5 Å². The second-order valence-electron chi connectivity index (χ2n) is 10.6. The molecule has 2 aliphatic rings. The van der Waals surface area contributed by atoms with Crippen LogP contribution in [0.25, 0.3) is 11.4 Å². The van der Waals surface area contributed by atoms with Crippen molar-refractivity contribution in [2.75, 3.05) is 31.3 Å². The summed E-state index contributed by atoms with van der Waals surface area (Å²) in [6, 6.07) is 26.9. The zero-order valence-corrected chi connectivity index (χ0v) is 28.7. The van der Waals surface area contributed by atoms with Gasteiger partial charge in [-0.25, -0.2) is 0 Å². The van der Waals surface area contributed by atoms with Gasteiger partial charge in [-0.1, -0.05) is 85.8 Å². The van der Waals surface area contributed by atoms with Crippen molar-refractivity contribution in [3.63, 3.8) is 0 Å². The number of carbonyl (C=O) groups excluding carboxylic acids is 5. The number of benzene rings is 3. The summed E-state index contributed by atoms with van der Waals surface area (Å²) in [6.07, 6.45) is 3.57. The Hall–Kier alpha value is -5.30. The molecular formula is C36H41BN6O5S. The molecule has 0 saturated carbocycles. The molecule has 2 radical (unpaired) electrons. The minimum absolute atomic E-state index is 0.0165. The van der Waals surface area contributed by atoms with E-state index in [0.29, 0.717) is 40.5 Å². The number of anilines is 1. The van der Waals surface area contributed by atoms with E-state index in [-0.39, 0.29) is 43.7 Å². The Morgan fingerprint density at radius 1 is 0.878 bits per heavy atom. The fourth-order valence-electron chi connectivity index (χ4n) is 4.90. The van der Waals surface area contributed by atoms with E-state index in [1.54, 1.807) is 18.2 Å². The number of hydrogen-bond acceptors (Lipinski definition) is 8. The molecule has 2 heterocycles. The van der Waals surface area contributed by atoms with Gasteiger partial charge in [-0.2, -0.15) is 0 Å². The third-order valence-electron chi connectivity index (χ3n) is 7.50. The van der Waals surface area contributed by atoms with Crippen molar-refractivity contribution < 1.29 is 24.0 Å². The number of nitrogens with two attached hydrogens (primary N) is 1. The van der Waals surface area contributed by atoms with E-state index in [1.807, 2.05) is 91.9 Å². The van der Waals surface area contributed by atoms with Crippen molar-refractivity contribution in [1.29, 1.82) is 0 Å². The predicted molar refractivity (Wildman–Crippen MR) is 195 cm³/mol. The van der Waals surface area contributed by atoms with Crippen molar-refractivity contribution in [2.24, 2.45) is 5.73 Å². The molecule has 0 fully saturated rings. The van der Waals surface area contributed by atoms with Crippen LogP contribution in [0.5, 0.6) is 0 Å². The molecular weight excluding hydrogens is 639 g/mol. The van der Waals surface area contributed by atoms with E-state index in [9.17, 15) is 24.0 Å². The fourth-order valence-corrected chi connectivity index (χ4v) is 5.41. The number of para-hydroxylation sites is 1. The first kappa shape index (κ1) is 38.2. The molecule has 0 aliphatic carbocycles. The lowest BCUT2D eigenvalue weighted by Crippen LogP contribution is -2.37. The number of imide groups is 1. The quantitative estimate of drug-likeness (QED) is 0.198. The van der Waals surface area contributed by atoms with E-state index in [1.165, 1.54) is 17.8 Å². The fraction of sp³-hybridized carbons (Fsp3) is 0.250. The van der Waals surface area contributed by atoms with Crippen LogP contribution in [0.2, 0.25) is 0 Å². The SMILES string of the molecule is CCC(=O)NC.[B]N/C1=C(\N)c2ccccc2N(C(=O)CCNC(=O)CCN2C(=O)C=C(SC)C2=O)Cc2ccccc21.c1ccccc1. The molecule has 2 aliphatic heterocycles. The minimum atomic E-state index is -0.422. The van der Waals surface area contributed by atoms with E-state index in [2.05, 4.69) is 15.9 Å². The van der Waals surface area contributed by atoms with Crippen molar-refractivity contribution in [3.05, 3.63) is 113 Å². The van der Waals surface area contributed by atoms with Crippen LogP contribution in [0.3, 0.4) is 0 Å². The van der Waals surface area contributed by atoms with E-state index in [4.69, 9.17) is 13.7 Å². The lowest BCUT2D eigenvalue weighted by Gasteiger charge is -2.30. The Balaban J connectivity index is 0.000000458. The van der Waals surface area contributed by atoms with Gasteiger partial charge >= 0.3 is 0 Å². The molecule has 0 unspecified atom stereocenters. The van der Waals surface area contributed by atoms with Crippen LogP contribution < -0.4 is 26.5 Å². The normalized spacial score (nSPS) is 14.7. The number of fused-ring (bicyclic) bond motifs is 2. The topological polar surface area (TPSA) is 154 Å². The summed E-state index contributed by atoms with van der Waals surface area (Å²) in [4.78, 5) is 63.0. The number of hydrogen-bond donors (Lipinski definition) is 4. The number of nitrogens with one attached hydrogen (secondary N) is 3. The zero-order valence-electron chi connectivity index (χ0n) is 27.9. The average molecular weight is 681 g/mol. The molecule has 5 rings (SSSR count). The molecule has 0 spiro atoms. The Bertz CT molecular complexity index is 1670. The number of rotatable bonds is 9. The summed E-state index contributed by atoms with van der Waals surface area (Å²) in [7, 11) is 7.45. The molecule has 5 N–H and O–H groups in total. The van der Waals surface area contributed by atoms with Crippen LogP contribution in [0, 0.1) is 0 Å². The molecule has 0 atom stereocenters. The second-order valence-corrected chi connectivity index (χ2v) is 11.5. The number of carbonyl (C=O) groups is 5. The highest BCUT2D eigenvalue weighted by atomic mass is 32.2. The maximum absolute atomic E-state index is 13.4. The van der Waals surface area contributed by atoms with Gasteiger partial charge in [-0.05, 0) is 17.9 Å². The first-order valence-electron chi connectivity index (χ1n) is 15.7. The van der Waals surface area contributed by atoms with Gasteiger partial charge in [0, 0.05) is 56.6 Å². The highest BCUT2D eigenvalue weighted by molar-refractivity contribution is 8.03. The predicted octanol–water partition coefficient (Wildman–Crippen LogP) is 3.33. The maximum atomic E-state index is 13.4. The monoisotopic (exact) mass is 680 g/mol. The standard InChI is InChI=1S/C26H26BN5O4S.C6H6.C4H9NO/c1-37-20-14-23(35)31(26(20)36)13-11-21(33)29-12-10-22(34)32-15-16-6-2-3-7-17(16)25(30-27)24(28)18-8-4-5-9-19(18)32;1-2-4-6-5-3-1;1-3-4(6)5-2/h2-9,14,30H,10-13,15,28H2,1H3,(H,29,33);1-6H;3H2,1-2H3,(H,5,6)/b25-24-;;. The van der Waals surface area contributed by atoms with Gasteiger partial charge in [0.2, 0.25) is 25.7 Å². The van der Waals surface area contributed by atoms with Crippen LogP contribution in [-0.4, -0.2) is 68.8 Å². The maximum Gasteiger partial charge on any atom is 0.267 e. The van der Waals surface area contributed by atoms with Crippen molar-refractivity contribution in [2.45, 2.75) is 32.7 Å². The molecule has 3 aromatic carbocycles. The first-order chi connectivity index (χ1) is 23.7. The van der Waals surface area contributed by atoms with E-state index >= 15 is 0 Å². The Kier molecular flexibility index (Phi) is 15.2. The lowest BCUT2D eigenvalue weighted by molar-refractivity contribution is -0.137. The molecule has 5 amide bonds. The summed E-state index contributed by atoms with van der Waals surface area (Å²) in [5.74, 6) is -1.27. The van der Waals surface area contributed by atoms with Crippen LogP contribution in [0.1, 0.15) is 42.9 Å². The smallest absolute Gasteiger partial charge is 0.267 e. The summed E-state index contributed by atoms with van der Waals surface area (Å²) in [6.45, 7) is 2.20. The van der Waals surface area contributed by atoms with Gasteiger partial charge in [0.1, 0.15) is 0 Å². The lowest BCUT2D eigenvalue weighted by atomic mass is 9.95. The van der Waals surface area contributed by atoms with Crippen molar-refractivity contribution >= 4 is 66.4 Å². The largest absolute Gasteiger partial charge is 0.435 e. The van der Waals surface area contributed by atoms with Crippen LogP contribution in [0.4, 0.5) is 5.69 Å². The summed E-state index contributed by atoms with van der Waals surface area (Å²) < 4.78 is 0. The number of thioether (sulfide) groups is 1. The third kappa shape index (κ3) is 10.6. The summed E-state index contributed by atoms with van der Waals surface area (Å²) >= 11 is 1.19. The van der Waals surface area contributed by atoms with E-state index < -0.39 is 11.8 Å². The van der Waals surface area contributed by atoms with Crippen molar-refractivity contribution in [1.82, 2.24) is 20.8 Å². The summed E-state index contributed by atoms with van der Waals surface area (Å²) in [5.41, 5.74) is 10.5. The molecule has 13 heteroatoms. The third-order valence-corrected chi connectivity index (χ3v) is 8.23. The molecule has 49 heavy (non-hydrogen) atoms. The van der Waals surface area contributed by atoms with Gasteiger partial charge in [-0.3, -0.25) is 28.9 Å². The molecule has 11 nitrogen and oxygen atoms in total. The molecule has 3 aromatic rings.